The number of nitrogen functional groups attached to an aromatic ring is 1. The normalized spacial score (nSPS) is 12.5. The van der Waals surface area contributed by atoms with Crippen molar-refractivity contribution in [3.63, 3.8) is 0 Å². The van der Waals surface area contributed by atoms with Gasteiger partial charge in [-0.05, 0) is 19.4 Å². The lowest BCUT2D eigenvalue weighted by Crippen LogP contribution is -2.29. The average Bonchev–Trinajstić information content (AvgIpc) is 2.60. The monoisotopic (exact) mass is 211 g/mol. The molecule has 0 saturated carbocycles. The van der Waals surface area contributed by atoms with E-state index >= 15 is 0 Å². The Kier molecular flexibility index (Phi) is 3.74. The number of carbonyl (C=O) groups excluding carboxylic acids is 1. The van der Waals surface area contributed by atoms with E-state index in [-0.39, 0.29) is 5.91 Å². The summed E-state index contributed by atoms with van der Waals surface area (Å²) in [5.41, 5.74) is 6.51. The summed E-state index contributed by atoms with van der Waals surface area (Å²) in [5, 5.41) is 9.09. The van der Waals surface area contributed by atoms with Gasteiger partial charge in [0.05, 0.1) is 6.10 Å². The molecule has 0 saturated heterocycles. The molecule has 84 valence electrons. The molecule has 1 atom stereocenters. The van der Waals surface area contributed by atoms with E-state index < -0.39 is 6.10 Å². The molecule has 0 aliphatic rings. The van der Waals surface area contributed by atoms with E-state index in [9.17, 15) is 4.79 Å². The topological polar surface area (TPSA) is 82.3 Å². The van der Waals surface area contributed by atoms with E-state index in [1.165, 1.54) is 0 Å². The minimum absolute atomic E-state index is 0.118. The number of nitrogens with one attached hydrogen (secondary N) is 1. The van der Waals surface area contributed by atoms with Crippen LogP contribution in [0.4, 0.5) is 5.69 Å². The van der Waals surface area contributed by atoms with Gasteiger partial charge in [0.1, 0.15) is 5.69 Å². The van der Waals surface area contributed by atoms with Crippen molar-refractivity contribution in [3.05, 3.63) is 18.0 Å². The van der Waals surface area contributed by atoms with Crippen molar-refractivity contribution in [1.29, 1.82) is 0 Å². The maximum Gasteiger partial charge on any atom is 0.270 e. The summed E-state index contributed by atoms with van der Waals surface area (Å²) < 4.78 is 0. The predicted octanol–water partition coefficient (Wildman–Crippen LogP) is 0.440. The molecule has 1 aromatic rings. The fourth-order valence-electron chi connectivity index (χ4n) is 1.22. The zero-order valence-electron chi connectivity index (χ0n) is 9.03. The Morgan fingerprint density at radius 3 is 2.87 bits per heavy atom. The van der Waals surface area contributed by atoms with Crippen LogP contribution in [0.15, 0.2) is 12.3 Å². The zero-order valence-corrected chi connectivity index (χ0v) is 9.03. The molecule has 15 heavy (non-hydrogen) atoms. The average molecular weight is 211 g/mol. The Hall–Kier alpha value is -1.49. The number of rotatable bonds is 4. The Balaban J connectivity index is 2.53. The molecule has 0 aliphatic carbocycles. The SMILES string of the molecule is CC(O)CCN(C)C(=O)c1cc(N)c[nH]1. The van der Waals surface area contributed by atoms with Crippen LogP contribution in [-0.2, 0) is 0 Å². The molecule has 5 heteroatoms. The number of aliphatic hydroxyl groups is 1. The summed E-state index contributed by atoms with van der Waals surface area (Å²) in [5.74, 6) is -0.118. The van der Waals surface area contributed by atoms with Crippen molar-refractivity contribution in [2.45, 2.75) is 19.4 Å². The van der Waals surface area contributed by atoms with Crippen molar-refractivity contribution >= 4 is 11.6 Å². The van der Waals surface area contributed by atoms with Gasteiger partial charge in [-0.25, -0.2) is 0 Å². The largest absolute Gasteiger partial charge is 0.397 e. The standard InChI is InChI=1S/C10H17N3O2/c1-7(14)3-4-13(2)10(15)9-5-8(11)6-12-9/h5-7,12,14H,3-4,11H2,1-2H3. The molecule has 0 bridgehead atoms. The van der Waals surface area contributed by atoms with Gasteiger partial charge in [-0.1, -0.05) is 0 Å². The third-order valence-electron chi connectivity index (χ3n) is 2.16. The molecule has 4 N–H and O–H groups in total. The fraction of sp³-hybridized carbons (Fsp3) is 0.500. The van der Waals surface area contributed by atoms with E-state index in [1.54, 1.807) is 31.1 Å². The van der Waals surface area contributed by atoms with Crippen LogP contribution in [0.2, 0.25) is 0 Å². The first kappa shape index (κ1) is 11.6. The molecule has 1 rings (SSSR count). The second-order valence-corrected chi connectivity index (χ2v) is 3.71. The Bertz CT molecular complexity index is 333. The van der Waals surface area contributed by atoms with Gasteiger partial charge in [-0.3, -0.25) is 4.79 Å². The van der Waals surface area contributed by atoms with Crippen molar-refractivity contribution in [2.24, 2.45) is 0 Å². The number of aromatic nitrogens is 1. The van der Waals surface area contributed by atoms with Gasteiger partial charge in [0.15, 0.2) is 0 Å². The van der Waals surface area contributed by atoms with Gasteiger partial charge in [0.25, 0.3) is 5.91 Å². The van der Waals surface area contributed by atoms with E-state index in [1.807, 2.05) is 0 Å². The highest BCUT2D eigenvalue weighted by atomic mass is 16.3. The van der Waals surface area contributed by atoms with Crippen LogP contribution in [0.25, 0.3) is 0 Å². The van der Waals surface area contributed by atoms with E-state index in [2.05, 4.69) is 4.98 Å². The lowest BCUT2D eigenvalue weighted by molar-refractivity contribution is 0.0764. The van der Waals surface area contributed by atoms with Gasteiger partial charge in [-0.2, -0.15) is 0 Å². The lowest BCUT2D eigenvalue weighted by atomic mass is 10.2. The molecule has 1 aromatic heterocycles. The highest BCUT2D eigenvalue weighted by Crippen LogP contribution is 2.07. The van der Waals surface area contributed by atoms with Gasteiger partial charge < -0.3 is 20.7 Å². The summed E-state index contributed by atoms with van der Waals surface area (Å²) in [6.07, 6.45) is 1.75. The first-order valence-corrected chi connectivity index (χ1v) is 4.88. The van der Waals surface area contributed by atoms with Crippen molar-refractivity contribution in [1.82, 2.24) is 9.88 Å². The quantitative estimate of drug-likeness (QED) is 0.675. The van der Waals surface area contributed by atoms with Crippen molar-refractivity contribution < 1.29 is 9.90 Å². The molecule has 1 heterocycles. The number of H-pyrrole nitrogens is 1. The number of hydrogen-bond acceptors (Lipinski definition) is 3. The van der Waals surface area contributed by atoms with Crippen LogP contribution >= 0.6 is 0 Å². The van der Waals surface area contributed by atoms with Crippen LogP contribution in [0.5, 0.6) is 0 Å². The van der Waals surface area contributed by atoms with Gasteiger partial charge >= 0.3 is 0 Å². The summed E-state index contributed by atoms with van der Waals surface area (Å²) in [6, 6.07) is 1.60. The first-order valence-electron chi connectivity index (χ1n) is 4.88. The summed E-state index contributed by atoms with van der Waals surface area (Å²) >= 11 is 0. The van der Waals surface area contributed by atoms with Crippen LogP contribution < -0.4 is 5.73 Å². The summed E-state index contributed by atoms with van der Waals surface area (Å²) in [4.78, 5) is 16.1. The Labute approximate surface area is 88.9 Å². The number of anilines is 1. The number of aliphatic hydroxyl groups excluding tert-OH is 1. The molecular weight excluding hydrogens is 194 g/mol. The fourth-order valence-corrected chi connectivity index (χ4v) is 1.22. The molecule has 0 aliphatic heterocycles. The minimum Gasteiger partial charge on any atom is -0.397 e. The maximum atomic E-state index is 11.7. The van der Waals surface area contributed by atoms with E-state index in [0.29, 0.717) is 24.3 Å². The van der Waals surface area contributed by atoms with Crippen LogP contribution in [0.3, 0.4) is 0 Å². The number of aromatic amines is 1. The van der Waals surface area contributed by atoms with Crippen molar-refractivity contribution in [2.75, 3.05) is 19.3 Å². The van der Waals surface area contributed by atoms with E-state index in [4.69, 9.17) is 10.8 Å². The van der Waals surface area contributed by atoms with Crippen LogP contribution in [0.1, 0.15) is 23.8 Å². The Morgan fingerprint density at radius 2 is 2.40 bits per heavy atom. The predicted molar refractivity (Wildman–Crippen MR) is 58.5 cm³/mol. The molecule has 0 spiro atoms. The van der Waals surface area contributed by atoms with Gasteiger partial charge in [0.2, 0.25) is 0 Å². The van der Waals surface area contributed by atoms with Crippen molar-refractivity contribution in [3.8, 4) is 0 Å². The highest BCUT2D eigenvalue weighted by Gasteiger charge is 2.13. The second kappa shape index (κ2) is 4.84. The maximum absolute atomic E-state index is 11.7. The third kappa shape index (κ3) is 3.28. The van der Waals surface area contributed by atoms with E-state index in [0.717, 1.165) is 0 Å². The molecule has 1 unspecified atom stereocenters. The molecule has 1 amide bonds. The molecule has 0 radical (unpaired) electrons. The number of amides is 1. The minimum atomic E-state index is -0.394. The van der Waals surface area contributed by atoms with Gasteiger partial charge in [-0.15, -0.1) is 0 Å². The van der Waals surface area contributed by atoms with Gasteiger partial charge in [0, 0.05) is 25.5 Å². The third-order valence-corrected chi connectivity index (χ3v) is 2.16. The highest BCUT2D eigenvalue weighted by molar-refractivity contribution is 5.93. The first-order chi connectivity index (χ1) is 7.00. The Morgan fingerprint density at radius 1 is 1.73 bits per heavy atom. The van der Waals surface area contributed by atoms with Crippen LogP contribution in [0, 0.1) is 0 Å². The smallest absolute Gasteiger partial charge is 0.270 e. The molecule has 0 aromatic carbocycles. The number of hydrogen-bond donors (Lipinski definition) is 3. The summed E-state index contributed by atoms with van der Waals surface area (Å²) in [6.45, 7) is 2.22. The molecule has 0 fully saturated rings. The molecular formula is C10H17N3O2. The number of nitrogens with two attached hydrogens (primary N) is 1. The second-order valence-electron chi connectivity index (χ2n) is 3.71. The number of carbonyl (C=O) groups is 1. The summed E-state index contributed by atoms with van der Waals surface area (Å²) in [7, 11) is 1.70. The van der Waals surface area contributed by atoms with Crippen LogP contribution in [-0.4, -0.2) is 40.6 Å². The number of nitrogens with zero attached hydrogens (tertiary/aromatic N) is 1. The lowest BCUT2D eigenvalue weighted by Gasteiger charge is -2.16. The zero-order chi connectivity index (χ0) is 11.4. The molecule has 5 nitrogen and oxygen atoms in total.